The SMILES string of the molecule is CCOC(=O)C1=C(S)N(CC(C)=O)CCS1. The summed E-state index contributed by atoms with van der Waals surface area (Å²) in [4.78, 5) is 24.9. The number of ketones is 1. The van der Waals surface area contributed by atoms with Crippen LogP contribution in [0.5, 0.6) is 0 Å². The van der Waals surface area contributed by atoms with Crippen molar-refractivity contribution < 1.29 is 14.3 Å². The van der Waals surface area contributed by atoms with E-state index in [0.29, 0.717) is 23.1 Å². The van der Waals surface area contributed by atoms with Gasteiger partial charge in [-0.2, -0.15) is 0 Å². The summed E-state index contributed by atoms with van der Waals surface area (Å²) < 4.78 is 4.93. The second-order valence-electron chi connectivity index (χ2n) is 3.35. The Balaban J connectivity index is 2.80. The van der Waals surface area contributed by atoms with Crippen LogP contribution in [0.4, 0.5) is 0 Å². The van der Waals surface area contributed by atoms with Crippen LogP contribution in [0.3, 0.4) is 0 Å². The second-order valence-corrected chi connectivity index (χ2v) is 4.87. The number of rotatable bonds is 4. The molecule has 0 aromatic carbocycles. The van der Waals surface area contributed by atoms with Gasteiger partial charge in [-0.25, -0.2) is 4.79 Å². The number of Topliss-reactive ketones (excluding diaryl/α,β-unsaturated/α-hetero) is 1. The maximum Gasteiger partial charge on any atom is 0.347 e. The quantitative estimate of drug-likeness (QED) is 0.610. The standard InChI is InChI=1S/C10H15NO3S2/c1-3-14-10(13)8-9(15)11(4-5-16-8)6-7(2)12/h15H,3-6H2,1-2H3. The van der Waals surface area contributed by atoms with E-state index in [9.17, 15) is 9.59 Å². The van der Waals surface area contributed by atoms with E-state index in [1.807, 2.05) is 0 Å². The molecule has 16 heavy (non-hydrogen) atoms. The normalized spacial score (nSPS) is 16.3. The summed E-state index contributed by atoms with van der Waals surface area (Å²) in [5.41, 5.74) is 0. The van der Waals surface area contributed by atoms with E-state index in [2.05, 4.69) is 12.6 Å². The van der Waals surface area contributed by atoms with Gasteiger partial charge >= 0.3 is 5.97 Å². The maximum absolute atomic E-state index is 11.6. The Bertz CT molecular complexity index is 328. The van der Waals surface area contributed by atoms with Crippen LogP contribution < -0.4 is 0 Å². The summed E-state index contributed by atoms with van der Waals surface area (Å²) in [6.07, 6.45) is 0. The monoisotopic (exact) mass is 261 g/mol. The third kappa shape index (κ3) is 3.45. The van der Waals surface area contributed by atoms with Crippen LogP contribution in [-0.4, -0.2) is 42.1 Å². The minimum absolute atomic E-state index is 0.0571. The topological polar surface area (TPSA) is 46.6 Å². The van der Waals surface area contributed by atoms with E-state index in [4.69, 9.17) is 4.74 Å². The van der Waals surface area contributed by atoms with Gasteiger partial charge in [-0.15, -0.1) is 24.4 Å². The minimum atomic E-state index is -0.356. The lowest BCUT2D eigenvalue weighted by Gasteiger charge is -2.29. The van der Waals surface area contributed by atoms with Crippen molar-refractivity contribution in [2.24, 2.45) is 0 Å². The van der Waals surface area contributed by atoms with Crippen LogP contribution >= 0.6 is 24.4 Å². The van der Waals surface area contributed by atoms with Crippen molar-refractivity contribution in [3.63, 3.8) is 0 Å². The van der Waals surface area contributed by atoms with Crippen LogP contribution in [0.15, 0.2) is 9.93 Å². The molecular formula is C10H15NO3S2. The van der Waals surface area contributed by atoms with Gasteiger partial charge in [0.25, 0.3) is 0 Å². The first kappa shape index (κ1) is 13.4. The van der Waals surface area contributed by atoms with Gasteiger partial charge in [0.1, 0.15) is 10.7 Å². The number of thioether (sulfide) groups is 1. The molecule has 0 radical (unpaired) electrons. The zero-order chi connectivity index (χ0) is 12.1. The van der Waals surface area contributed by atoms with Gasteiger partial charge in [-0.05, 0) is 13.8 Å². The van der Waals surface area contributed by atoms with Crippen molar-refractivity contribution >= 4 is 36.1 Å². The Hall–Kier alpha value is -0.620. The molecule has 0 amide bonds. The molecule has 6 heteroatoms. The van der Waals surface area contributed by atoms with Gasteiger partial charge in [0.05, 0.1) is 18.2 Å². The number of thiol groups is 1. The highest BCUT2D eigenvalue weighted by Crippen LogP contribution is 2.30. The maximum atomic E-state index is 11.6. The molecule has 0 aromatic heterocycles. The van der Waals surface area contributed by atoms with Gasteiger partial charge in [0.2, 0.25) is 0 Å². The Morgan fingerprint density at radius 1 is 1.56 bits per heavy atom. The molecule has 0 saturated carbocycles. The third-order valence-electron chi connectivity index (χ3n) is 1.98. The molecule has 4 nitrogen and oxygen atoms in total. The molecule has 0 aliphatic carbocycles. The predicted octanol–water partition coefficient (Wildman–Crippen LogP) is 1.29. The lowest BCUT2D eigenvalue weighted by molar-refractivity contribution is -0.137. The number of carbonyl (C=O) groups excluding carboxylic acids is 2. The van der Waals surface area contributed by atoms with Gasteiger partial charge in [0, 0.05) is 12.3 Å². The molecule has 0 atom stereocenters. The smallest absolute Gasteiger partial charge is 0.347 e. The van der Waals surface area contributed by atoms with Crippen molar-refractivity contribution in [2.45, 2.75) is 13.8 Å². The first-order valence-corrected chi connectivity index (χ1v) is 6.47. The number of hydrogen-bond donors (Lipinski definition) is 1. The first-order valence-electron chi connectivity index (χ1n) is 5.03. The molecular weight excluding hydrogens is 246 g/mol. The Morgan fingerprint density at radius 3 is 2.81 bits per heavy atom. The highest BCUT2D eigenvalue weighted by Gasteiger charge is 2.24. The molecule has 90 valence electrons. The van der Waals surface area contributed by atoms with Crippen LogP contribution in [0.25, 0.3) is 0 Å². The summed E-state index contributed by atoms with van der Waals surface area (Å²) in [5.74, 6) is 0.471. The fraction of sp³-hybridized carbons (Fsp3) is 0.600. The average molecular weight is 261 g/mol. The van der Waals surface area contributed by atoms with Gasteiger partial charge in [-0.1, -0.05) is 0 Å². The van der Waals surface area contributed by atoms with E-state index < -0.39 is 0 Å². The molecule has 0 aromatic rings. The second kappa shape index (κ2) is 6.20. The minimum Gasteiger partial charge on any atom is -0.462 e. The van der Waals surface area contributed by atoms with Crippen LogP contribution in [0.2, 0.25) is 0 Å². The van der Waals surface area contributed by atoms with E-state index >= 15 is 0 Å². The van der Waals surface area contributed by atoms with E-state index in [0.717, 1.165) is 12.3 Å². The van der Waals surface area contributed by atoms with E-state index in [-0.39, 0.29) is 11.8 Å². The van der Waals surface area contributed by atoms with Crippen LogP contribution in [0.1, 0.15) is 13.8 Å². The van der Waals surface area contributed by atoms with Crippen molar-refractivity contribution in [1.82, 2.24) is 4.90 Å². The number of hydrogen-bond acceptors (Lipinski definition) is 6. The summed E-state index contributed by atoms with van der Waals surface area (Å²) in [6, 6.07) is 0. The number of ether oxygens (including phenoxy) is 1. The molecule has 0 fully saturated rings. The number of nitrogens with zero attached hydrogens (tertiary/aromatic N) is 1. The third-order valence-corrected chi connectivity index (χ3v) is 3.68. The molecule has 1 aliphatic rings. The summed E-state index contributed by atoms with van der Waals surface area (Å²) >= 11 is 5.72. The highest BCUT2D eigenvalue weighted by atomic mass is 32.2. The number of esters is 1. The molecule has 0 bridgehead atoms. The molecule has 0 unspecified atom stereocenters. The number of carbonyl (C=O) groups is 2. The van der Waals surface area contributed by atoms with Crippen molar-refractivity contribution in [1.29, 1.82) is 0 Å². The van der Waals surface area contributed by atoms with Gasteiger partial charge in [0.15, 0.2) is 0 Å². The predicted molar refractivity (Wildman–Crippen MR) is 67.4 cm³/mol. The van der Waals surface area contributed by atoms with Crippen LogP contribution in [-0.2, 0) is 14.3 Å². The summed E-state index contributed by atoms with van der Waals surface area (Å²) in [7, 11) is 0. The largest absolute Gasteiger partial charge is 0.462 e. The van der Waals surface area contributed by atoms with Crippen molar-refractivity contribution in [3.05, 3.63) is 9.93 Å². The molecule has 0 spiro atoms. The zero-order valence-electron chi connectivity index (χ0n) is 9.36. The molecule has 0 N–H and O–H groups in total. The Labute approximate surface area is 105 Å². The van der Waals surface area contributed by atoms with Gasteiger partial charge < -0.3 is 9.64 Å². The summed E-state index contributed by atoms with van der Waals surface area (Å²) in [6.45, 7) is 4.65. The van der Waals surface area contributed by atoms with E-state index in [1.54, 1.807) is 11.8 Å². The summed E-state index contributed by atoms with van der Waals surface area (Å²) in [5, 5.41) is 0.546. The van der Waals surface area contributed by atoms with Crippen molar-refractivity contribution in [3.8, 4) is 0 Å². The van der Waals surface area contributed by atoms with Gasteiger partial charge in [-0.3, -0.25) is 4.79 Å². The zero-order valence-corrected chi connectivity index (χ0v) is 11.1. The fourth-order valence-corrected chi connectivity index (χ4v) is 2.75. The highest BCUT2D eigenvalue weighted by molar-refractivity contribution is 8.04. The van der Waals surface area contributed by atoms with E-state index in [1.165, 1.54) is 18.7 Å². The molecule has 0 saturated heterocycles. The average Bonchev–Trinajstić information content (AvgIpc) is 2.21. The Kier molecular flexibility index (Phi) is 5.21. The first-order chi connectivity index (χ1) is 7.56. The molecule has 1 aliphatic heterocycles. The lowest BCUT2D eigenvalue weighted by atomic mass is 10.4. The molecule has 1 rings (SSSR count). The Morgan fingerprint density at radius 2 is 2.25 bits per heavy atom. The molecule has 1 heterocycles. The fourth-order valence-electron chi connectivity index (χ4n) is 1.34. The van der Waals surface area contributed by atoms with Crippen LogP contribution in [0, 0.1) is 0 Å². The lowest BCUT2D eigenvalue weighted by Crippen LogP contribution is -2.33. The van der Waals surface area contributed by atoms with Crippen molar-refractivity contribution in [2.75, 3.05) is 25.4 Å².